The van der Waals surface area contributed by atoms with Crippen LogP contribution in [0.4, 0.5) is 17.2 Å². The van der Waals surface area contributed by atoms with Crippen molar-refractivity contribution in [3.8, 4) is 0 Å². The number of carbonyl (C=O) groups excluding carboxylic acids is 2. The number of pyridine rings is 1. The number of likely N-dealkylation sites (tertiary alicyclic amines) is 1. The Bertz CT molecular complexity index is 922. The number of hydrogen-bond donors (Lipinski definition) is 4. The molecule has 10 heteroatoms. The zero-order valence-electron chi connectivity index (χ0n) is 15.8. The van der Waals surface area contributed by atoms with Gasteiger partial charge in [-0.25, -0.2) is 4.98 Å². The van der Waals surface area contributed by atoms with Crippen LogP contribution in [0.5, 0.6) is 0 Å². The highest BCUT2D eigenvalue weighted by molar-refractivity contribution is 6.40. The Kier molecular flexibility index (Phi) is 5.30. The summed E-state index contributed by atoms with van der Waals surface area (Å²) >= 11 is 0. The van der Waals surface area contributed by atoms with Crippen LogP contribution in [-0.4, -0.2) is 44.2 Å². The minimum atomic E-state index is -0.816. The molecule has 0 unspecified atom stereocenters. The average Bonchev–Trinajstić information content (AvgIpc) is 3.10. The molecule has 2 atom stereocenters. The standard InChI is InChI=1S/C18H24N8O2/c1-10-3-4-14(12-5-6-25(2)24-12)26(9-10)18(28)17(27)23-13-8-22-16(21)11(7-19)15(13)20/h5-8,10,14,19H,3-4,9H2,1-2H3,(H,23,27)(H4,20,21,22)/t10-,14+/m0/s1. The van der Waals surface area contributed by atoms with E-state index in [2.05, 4.69) is 15.4 Å². The van der Waals surface area contributed by atoms with Crippen LogP contribution in [0.3, 0.4) is 0 Å². The van der Waals surface area contributed by atoms with Crippen LogP contribution < -0.4 is 16.8 Å². The molecule has 0 saturated carbocycles. The Morgan fingerprint density at radius 2 is 2.11 bits per heavy atom. The van der Waals surface area contributed by atoms with E-state index in [4.69, 9.17) is 16.9 Å². The number of aryl methyl sites for hydroxylation is 1. The highest BCUT2D eigenvalue weighted by atomic mass is 16.2. The lowest BCUT2D eigenvalue weighted by molar-refractivity contribution is -0.146. The Morgan fingerprint density at radius 1 is 1.36 bits per heavy atom. The molecule has 148 valence electrons. The van der Waals surface area contributed by atoms with Gasteiger partial charge in [0.2, 0.25) is 0 Å². The quantitative estimate of drug-likeness (QED) is 0.455. The molecule has 3 rings (SSSR count). The van der Waals surface area contributed by atoms with E-state index in [1.165, 1.54) is 6.20 Å². The van der Waals surface area contributed by atoms with Crippen LogP contribution in [0, 0.1) is 11.3 Å². The monoisotopic (exact) mass is 384 g/mol. The van der Waals surface area contributed by atoms with Crippen molar-refractivity contribution < 1.29 is 9.59 Å². The first-order chi connectivity index (χ1) is 13.3. The van der Waals surface area contributed by atoms with E-state index in [-0.39, 0.29) is 34.7 Å². The first-order valence-electron chi connectivity index (χ1n) is 8.97. The molecule has 0 radical (unpaired) electrons. The molecule has 1 saturated heterocycles. The molecule has 2 aromatic rings. The van der Waals surface area contributed by atoms with Gasteiger partial charge in [0.15, 0.2) is 0 Å². The van der Waals surface area contributed by atoms with Gasteiger partial charge in [0.05, 0.1) is 34.9 Å². The zero-order valence-corrected chi connectivity index (χ0v) is 15.8. The van der Waals surface area contributed by atoms with Crippen molar-refractivity contribution >= 4 is 35.2 Å². The van der Waals surface area contributed by atoms with Gasteiger partial charge in [-0.1, -0.05) is 6.92 Å². The molecule has 28 heavy (non-hydrogen) atoms. The van der Waals surface area contributed by atoms with Crippen LogP contribution in [0.25, 0.3) is 0 Å². The van der Waals surface area contributed by atoms with Crippen LogP contribution >= 0.6 is 0 Å². The molecule has 10 nitrogen and oxygen atoms in total. The maximum absolute atomic E-state index is 12.9. The maximum atomic E-state index is 12.9. The van der Waals surface area contributed by atoms with E-state index in [0.717, 1.165) is 24.8 Å². The molecule has 1 aliphatic rings. The maximum Gasteiger partial charge on any atom is 0.314 e. The summed E-state index contributed by atoms with van der Waals surface area (Å²) in [6.45, 7) is 2.51. The van der Waals surface area contributed by atoms with E-state index >= 15 is 0 Å². The van der Waals surface area contributed by atoms with E-state index < -0.39 is 11.8 Å². The second-order valence-corrected chi connectivity index (χ2v) is 7.05. The Morgan fingerprint density at radius 3 is 2.75 bits per heavy atom. The number of nitrogens with zero attached hydrogens (tertiary/aromatic N) is 4. The molecule has 2 amide bonds. The number of aromatic nitrogens is 3. The van der Waals surface area contributed by atoms with Crippen molar-refractivity contribution in [3.63, 3.8) is 0 Å². The van der Waals surface area contributed by atoms with Gasteiger partial charge >= 0.3 is 11.8 Å². The topological polar surface area (TPSA) is 156 Å². The van der Waals surface area contributed by atoms with Gasteiger partial charge in [0, 0.05) is 26.0 Å². The van der Waals surface area contributed by atoms with Gasteiger partial charge in [-0.3, -0.25) is 14.3 Å². The first-order valence-corrected chi connectivity index (χ1v) is 8.97. The van der Waals surface area contributed by atoms with Crippen molar-refractivity contribution in [2.45, 2.75) is 25.8 Å². The molecule has 1 fully saturated rings. The highest BCUT2D eigenvalue weighted by Crippen LogP contribution is 2.33. The fraction of sp³-hybridized carbons (Fsp3) is 0.389. The molecular formula is C18H24N8O2. The predicted octanol–water partition coefficient (Wildman–Crippen LogP) is 0.915. The highest BCUT2D eigenvalue weighted by Gasteiger charge is 2.35. The molecule has 1 aliphatic heterocycles. The summed E-state index contributed by atoms with van der Waals surface area (Å²) < 4.78 is 1.68. The smallest absolute Gasteiger partial charge is 0.314 e. The van der Waals surface area contributed by atoms with Gasteiger partial charge in [0.1, 0.15) is 5.82 Å². The van der Waals surface area contributed by atoms with Crippen molar-refractivity contribution in [1.82, 2.24) is 19.7 Å². The third kappa shape index (κ3) is 3.66. The third-order valence-electron chi connectivity index (χ3n) is 4.93. The lowest BCUT2D eigenvalue weighted by Gasteiger charge is -2.37. The van der Waals surface area contributed by atoms with Gasteiger partial charge in [-0.05, 0) is 24.8 Å². The number of nitrogens with one attached hydrogen (secondary N) is 2. The third-order valence-corrected chi connectivity index (χ3v) is 4.93. The Labute approximate surface area is 162 Å². The van der Waals surface area contributed by atoms with E-state index in [9.17, 15) is 9.59 Å². The zero-order chi connectivity index (χ0) is 20.4. The van der Waals surface area contributed by atoms with Crippen molar-refractivity contribution in [2.24, 2.45) is 13.0 Å². The number of nitrogen functional groups attached to an aromatic ring is 2. The number of anilines is 3. The van der Waals surface area contributed by atoms with Gasteiger partial charge in [0.25, 0.3) is 0 Å². The van der Waals surface area contributed by atoms with Crippen molar-refractivity contribution in [2.75, 3.05) is 23.3 Å². The Hall–Kier alpha value is -3.43. The molecule has 0 aromatic carbocycles. The van der Waals surface area contributed by atoms with Gasteiger partial charge in [-0.2, -0.15) is 5.10 Å². The molecule has 3 heterocycles. The number of nitrogens with two attached hydrogens (primary N) is 2. The van der Waals surface area contributed by atoms with Crippen molar-refractivity contribution in [1.29, 1.82) is 5.41 Å². The minimum Gasteiger partial charge on any atom is -0.396 e. The number of piperidine rings is 1. The van der Waals surface area contributed by atoms with E-state index in [1.54, 1.807) is 9.58 Å². The molecule has 0 aliphatic carbocycles. The molecule has 6 N–H and O–H groups in total. The van der Waals surface area contributed by atoms with Crippen LogP contribution in [-0.2, 0) is 16.6 Å². The summed E-state index contributed by atoms with van der Waals surface area (Å²) in [7, 11) is 1.81. The Balaban J connectivity index is 1.82. The molecule has 0 spiro atoms. The summed E-state index contributed by atoms with van der Waals surface area (Å²) in [6.07, 6.45) is 5.73. The lowest BCUT2D eigenvalue weighted by Crippen LogP contribution is -2.46. The summed E-state index contributed by atoms with van der Waals surface area (Å²) in [5, 5.41) is 14.3. The summed E-state index contributed by atoms with van der Waals surface area (Å²) in [4.78, 5) is 31.0. The van der Waals surface area contributed by atoms with Crippen LogP contribution in [0.15, 0.2) is 18.5 Å². The molecule has 0 bridgehead atoms. The van der Waals surface area contributed by atoms with E-state index in [1.807, 2.05) is 26.2 Å². The largest absolute Gasteiger partial charge is 0.396 e. The minimum absolute atomic E-state index is 0.0805. The first kappa shape index (κ1) is 19.3. The lowest BCUT2D eigenvalue weighted by atomic mass is 9.92. The van der Waals surface area contributed by atoms with Crippen molar-refractivity contribution in [3.05, 3.63) is 29.7 Å². The summed E-state index contributed by atoms with van der Waals surface area (Å²) in [6, 6.07) is 1.60. The molecule has 2 aromatic heterocycles. The number of rotatable bonds is 3. The average molecular weight is 384 g/mol. The second-order valence-electron chi connectivity index (χ2n) is 7.05. The number of carbonyl (C=O) groups is 2. The van der Waals surface area contributed by atoms with Crippen LogP contribution in [0.1, 0.15) is 37.1 Å². The normalized spacial score (nSPS) is 19.3. The fourth-order valence-corrected chi connectivity index (χ4v) is 3.41. The van der Waals surface area contributed by atoms with E-state index in [0.29, 0.717) is 6.54 Å². The number of hydrogen-bond acceptors (Lipinski definition) is 7. The fourth-order valence-electron chi connectivity index (χ4n) is 3.41. The number of amides is 2. The molecular weight excluding hydrogens is 360 g/mol. The van der Waals surface area contributed by atoms with Gasteiger partial charge < -0.3 is 27.1 Å². The summed E-state index contributed by atoms with van der Waals surface area (Å²) in [5.41, 5.74) is 12.8. The SMILES string of the molecule is C[C@H]1CC[C@H](c2ccn(C)n2)N(C(=O)C(=O)Nc2cnc(N)c(C=N)c2N)C1. The summed E-state index contributed by atoms with van der Waals surface area (Å²) in [5.74, 6) is -1.11. The second kappa shape index (κ2) is 7.67. The van der Waals surface area contributed by atoms with Gasteiger partial charge in [-0.15, -0.1) is 0 Å². The van der Waals surface area contributed by atoms with Crippen LogP contribution in [0.2, 0.25) is 0 Å². The predicted molar refractivity (Wildman–Crippen MR) is 106 cm³/mol.